The highest BCUT2D eigenvalue weighted by Gasteiger charge is 2.16. The van der Waals surface area contributed by atoms with E-state index in [2.05, 4.69) is 50.3 Å². The van der Waals surface area contributed by atoms with Crippen molar-refractivity contribution in [1.29, 1.82) is 0 Å². The number of ether oxygens (including phenoxy) is 1. The second-order valence-corrected chi connectivity index (χ2v) is 4.62. The first-order valence-corrected chi connectivity index (χ1v) is 6.11. The molecule has 96 valence electrons. The van der Waals surface area contributed by atoms with E-state index in [9.17, 15) is 0 Å². The zero-order valence-corrected chi connectivity index (χ0v) is 11.6. The number of hydrogen-bond acceptors (Lipinski definition) is 3. The van der Waals surface area contributed by atoms with Gasteiger partial charge in [-0.15, -0.1) is 0 Å². The predicted octanol–water partition coefficient (Wildman–Crippen LogP) is 2.22. The van der Waals surface area contributed by atoms with E-state index < -0.39 is 0 Å². The number of nitrogens with zero attached hydrogens (tertiary/aromatic N) is 1. The number of likely N-dealkylation sites (N-methyl/N-ethyl adjacent to an activating group) is 2. The molecule has 17 heavy (non-hydrogen) atoms. The molecule has 1 N–H and O–H groups in total. The lowest BCUT2D eigenvalue weighted by molar-refractivity contribution is 0.334. The van der Waals surface area contributed by atoms with Gasteiger partial charge >= 0.3 is 0 Å². The largest absolute Gasteiger partial charge is 0.496 e. The Balaban J connectivity index is 3.02. The van der Waals surface area contributed by atoms with Crippen molar-refractivity contribution >= 4 is 0 Å². The summed E-state index contributed by atoms with van der Waals surface area (Å²) in [6.45, 7) is 6.16. The average molecular weight is 236 g/mol. The minimum Gasteiger partial charge on any atom is -0.496 e. The van der Waals surface area contributed by atoms with Crippen LogP contribution in [0, 0.1) is 6.92 Å². The molecule has 1 atom stereocenters. The summed E-state index contributed by atoms with van der Waals surface area (Å²) in [4.78, 5) is 2.19. The van der Waals surface area contributed by atoms with Crippen molar-refractivity contribution in [3.05, 3.63) is 29.3 Å². The summed E-state index contributed by atoms with van der Waals surface area (Å²) in [6.07, 6.45) is 0. The van der Waals surface area contributed by atoms with Crippen LogP contribution in [0.4, 0.5) is 0 Å². The molecule has 0 aliphatic carbocycles. The Hall–Kier alpha value is -1.06. The van der Waals surface area contributed by atoms with E-state index in [1.54, 1.807) is 7.11 Å². The van der Waals surface area contributed by atoms with Crippen LogP contribution < -0.4 is 10.1 Å². The molecular weight excluding hydrogens is 212 g/mol. The van der Waals surface area contributed by atoms with Gasteiger partial charge in [-0.2, -0.15) is 0 Å². The fraction of sp³-hybridized carbons (Fsp3) is 0.571. The van der Waals surface area contributed by atoms with Crippen LogP contribution in [0.5, 0.6) is 5.75 Å². The van der Waals surface area contributed by atoms with Crippen LogP contribution in [0.15, 0.2) is 18.2 Å². The van der Waals surface area contributed by atoms with Crippen molar-refractivity contribution in [3.8, 4) is 5.75 Å². The molecule has 0 fully saturated rings. The Bertz CT molecular complexity index is 350. The number of methoxy groups -OCH3 is 1. The number of nitrogens with one attached hydrogen (secondary N) is 1. The maximum Gasteiger partial charge on any atom is 0.123 e. The molecule has 0 spiro atoms. The zero-order valence-electron chi connectivity index (χ0n) is 11.6. The van der Waals surface area contributed by atoms with Gasteiger partial charge in [0.15, 0.2) is 0 Å². The van der Waals surface area contributed by atoms with Gasteiger partial charge in [0.1, 0.15) is 5.75 Å². The number of benzene rings is 1. The molecule has 1 unspecified atom stereocenters. The first-order valence-electron chi connectivity index (χ1n) is 6.11. The van der Waals surface area contributed by atoms with Crippen molar-refractivity contribution in [2.24, 2.45) is 0 Å². The third-order valence-electron chi connectivity index (χ3n) is 2.76. The molecule has 1 aromatic rings. The van der Waals surface area contributed by atoms with Crippen LogP contribution in [0.1, 0.15) is 24.1 Å². The lowest BCUT2D eigenvalue weighted by atomic mass is 10.0. The highest BCUT2D eigenvalue weighted by atomic mass is 16.5. The van der Waals surface area contributed by atoms with Gasteiger partial charge < -0.3 is 15.0 Å². The van der Waals surface area contributed by atoms with Gasteiger partial charge in [0.05, 0.1) is 7.11 Å². The number of hydrogen-bond donors (Lipinski definition) is 1. The highest BCUT2D eigenvalue weighted by Crippen LogP contribution is 2.26. The molecule has 3 heteroatoms. The lowest BCUT2D eigenvalue weighted by Crippen LogP contribution is -2.31. The van der Waals surface area contributed by atoms with Crippen molar-refractivity contribution in [2.75, 3.05) is 34.3 Å². The fourth-order valence-electron chi connectivity index (χ4n) is 2.01. The normalized spacial score (nSPS) is 12.8. The molecule has 0 aromatic heterocycles. The molecule has 0 aliphatic heterocycles. The van der Waals surface area contributed by atoms with Gasteiger partial charge in [-0.1, -0.05) is 24.6 Å². The molecule has 1 rings (SSSR count). The van der Waals surface area contributed by atoms with E-state index in [0.29, 0.717) is 6.04 Å². The molecule has 0 saturated carbocycles. The third kappa shape index (κ3) is 4.02. The first kappa shape index (κ1) is 14.0. The Labute approximate surface area is 105 Å². The average Bonchev–Trinajstić information content (AvgIpc) is 2.28. The standard InChI is InChI=1S/C14H24N2O/c1-6-15-13(10-16(3)4)12-9-11(2)7-8-14(12)17-5/h7-9,13,15H,6,10H2,1-5H3. The van der Waals surface area contributed by atoms with Gasteiger partial charge in [0, 0.05) is 18.2 Å². The van der Waals surface area contributed by atoms with Crippen molar-refractivity contribution in [3.63, 3.8) is 0 Å². The number of rotatable bonds is 6. The van der Waals surface area contributed by atoms with E-state index in [1.165, 1.54) is 11.1 Å². The number of aryl methyl sites for hydroxylation is 1. The smallest absolute Gasteiger partial charge is 0.123 e. The third-order valence-corrected chi connectivity index (χ3v) is 2.76. The quantitative estimate of drug-likeness (QED) is 0.819. The summed E-state index contributed by atoms with van der Waals surface area (Å²) < 4.78 is 5.45. The van der Waals surface area contributed by atoms with Gasteiger partial charge in [-0.3, -0.25) is 0 Å². The van der Waals surface area contributed by atoms with E-state index in [-0.39, 0.29) is 0 Å². The van der Waals surface area contributed by atoms with Gasteiger partial charge in [-0.05, 0) is 33.6 Å². The molecule has 0 heterocycles. The molecular formula is C14H24N2O. The first-order chi connectivity index (χ1) is 8.08. The summed E-state index contributed by atoms with van der Waals surface area (Å²) in [5.41, 5.74) is 2.51. The fourth-order valence-corrected chi connectivity index (χ4v) is 2.01. The molecule has 0 radical (unpaired) electrons. The molecule has 1 aromatic carbocycles. The van der Waals surface area contributed by atoms with Crippen LogP contribution in [-0.4, -0.2) is 39.2 Å². The van der Waals surface area contributed by atoms with Crippen LogP contribution in [0.3, 0.4) is 0 Å². The maximum absolute atomic E-state index is 5.45. The molecule has 0 amide bonds. The van der Waals surface area contributed by atoms with Crippen LogP contribution in [0.2, 0.25) is 0 Å². The summed E-state index contributed by atoms with van der Waals surface area (Å²) in [5, 5.41) is 3.51. The Kier molecular flexibility index (Phi) is 5.45. The second-order valence-electron chi connectivity index (χ2n) is 4.62. The van der Waals surface area contributed by atoms with Crippen molar-refractivity contribution in [1.82, 2.24) is 10.2 Å². The molecule has 0 aliphatic rings. The Morgan fingerprint density at radius 2 is 2.06 bits per heavy atom. The molecule has 0 bridgehead atoms. The van der Waals surface area contributed by atoms with Crippen LogP contribution in [0.25, 0.3) is 0 Å². The maximum atomic E-state index is 5.45. The minimum absolute atomic E-state index is 0.310. The second kappa shape index (κ2) is 6.62. The monoisotopic (exact) mass is 236 g/mol. The summed E-state index contributed by atoms with van der Waals surface area (Å²) >= 11 is 0. The van der Waals surface area contributed by atoms with Crippen LogP contribution in [-0.2, 0) is 0 Å². The van der Waals surface area contributed by atoms with Gasteiger partial charge in [0.2, 0.25) is 0 Å². The summed E-state index contributed by atoms with van der Waals surface area (Å²) in [7, 11) is 5.91. The van der Waals surface area contributed by atoms with E-state index in [0.717, 1.165) is 18.8 Å². The highest BCUT2D eigenvalue weighted by molar-refractivity contribution is 5.39. The van der Waals surface area contributed by atoms with Gasteiger partial charge in [0.25, 0.3) is 0 Å². The van der Waals surface area contributed by atoms with Crippen molar-refractivity contribution < 1.29 is 4.74 Å². The molecule has 3 nitrogen and oxygen atoms in total. The van der Waals surface area contributed by atoms with Crippen molar-refractivity contribution in [2.45, 2.75) is 19.9 Å². The molecule has 0 saturated heterocycles. The lowest BCUT2D eigenvalue weighted by Gasteiger charge is -2.24. The zero-order chi connectivity index (χ0) is 12.8. The Morgan fingerprint density at radius 1 is 1.35 bits per heavy atom. The van der Waals surface area contributed by atoms with E-state index in [4.69, 9.17) is 4.74 Å². The van der Waals surface area contributed by atoms with Crippen LogP contribution >= 0.6 is 0 Å². The topological polar surface area (TPSA) is 24.5 Å². The summed E-state index contributed by atoms with van der Waals surface area (Å²) in [5.74, 6) is 0.961. The Morgan fingerprint density at radius 3 is 2.59 bits per heavy atom. The summed E-state index contributed by atoms with van der Waals surface area (Å²) in [6, 6.07) is 6.64. The van der Waals surface area contributed by atoms with E-state index in [1.807, 2.05) is 6.07 Å². The van der Waals surface area contributed by atoms with Gasteiger partial charge in [-0.25, -0.2) is 0 Å². The SMILES string of the molecule is CCNC(CN(C)C)c1cc(C)ccc1OC. The minimum atomic E-state index is 0.310. The van der Waals surface area contributed by atoms with E-state index >= 15 is 0 Å². The predicted molar refractivity (Wildman–Crippen MR) is 72.7 cm³/mol.